The molecule has 3 nitrogen and oxygen atoms in total. The van der Waals surface area contributed by atoms with E-state index < -0.39 is 12.9 Å². The van der Waals surface area contributed by atoms with Crippen molar-refractivity contribution in [2.24, 2.45) is 0 Å². The quantitative estimate of drug-likeness (QED) is 0.824. The maximum absolute atomic E-state index is 13.2. The number of rotatable bonds is 5. The van der Waals surface area contributed by atoms with Gasteiger partial charge in [0.05, 0.1) is 0 Å². The molecule has 21 heavy (non-hydrogen) atoms. The minimum Gasteiger partial charge on any atom is -0.423 e. The molecular weight excluding hydrogens is 275 g/mol. The van der Waals surface area contributed by atoms with E-state index in [1.165, 1.54) is 24.3 Å². The zero-order valence-corrected chi connectivity index (χ0v) is 11.6. The van der Waals surface area contributed by atoms with Crippen molar-refractivity contribution in [3.63, 3.8) is 0 Å². The van der Waals surface area contributed by atoms with Gasteiger partial charge in [-0.05, 0) is 54.3 Å². The second kappa shape index (κ2) is 6.69. The van der Waals surface area contributed by atoms with Crippen LogP contribution in [0.15, 0.2) is 42.5 Å². The molecule has 110 valence electrons. The number of benzene rings is 2. The zero-order valence-electron chi connectivity index (χ0n) is 11.6. The highest BCUT2D eigenvalue weighted by Gasteiger charge is 2.18. The first-order valence-corrected chi connectivity index (χ1v) is 6.66. The van der Waals surface area contributed by atoms with E-state index in [1.807, 2.05) is 11.8 Å². The Morgan fingerprint density at radius 2 is 1.62 bits per heavy atom. The Hall–Kier alpha value is -1.92. The summed E-state index contributed by atoms with van der Waals surface area (Å²) < 4.78 is 26.2. The van der Waals surface area contributed by atoms with Crippen LogP contribution in [0.4, 0.5) is 14.5 Å². The molecule has 6 heteroatoms. The smallest absolute Gasteiger partial charge is 0.423 e. The van der Waals surface area contributed by atoms with E-state index in [4.69, 9.17) is 0 Å². The fourth-order valence-corrected chi connectivity index (χ4v) is 2.19. The van der Waals surface area contributed by atoms with E-state index in [2.05, 4.69) is 0 Å². The Labute approximate surface area is 122 Å². The van der Waals surface area contributed by atoms with Crippen LogP contribution in [0, 0.1) is 11.6 Å². The highest BCUT2D eigenvalue weighted by atomic mass is 19.1. The first kappa shape index (κ1) is 15.5. The van der Waals surface area contributed by atoms with Crippen LogP contribution in [0.5, 0.6) is 0 Å². The SMILES string of the molecule is CCN(Cc1ccc(F)cc1B(O)O)c1ccc(F)cc1. The van der Waals surface area contributed by atoms with Crippen LogP contribution in [0.3, 0.4) is 0 Å². The van der Waals surface area contributed by atoms with E-state index >= 15 is 0 Å². The van der Waals surface area contributed by atoms with Gasteiger partial charge in [-0.1, -0.05) is 6.07 Å². The van der Waals surface area contributed by atoms with Crippen molar-refractivity contribution in [1.82, 2.24) is 0 Å². The molecule has 0 radical (unpaired) electrons. The van der Waals surface area contributed by atoms with Crippen molar-refractivity contribution >= 4 is 18.3 Å². The van der Waals surface area contributed by atoms with Gasteiger partial charge in [0.25, 0.3) is 0 Å². The van der Waals surface area contributed by atoms with Crippen molar-refractivity contribution in [3.05, 3.63) is 59.7 Å². The molecule has 0 aliphatic carbocycles. The number of hydrogen-bond donors (Lipinski definition) is 2. The molecule has 2 aromatic carbocycles. The summed E-state index contributed by atoms with van der Waals surface area (Å²) in [7, 11) is -1.73. The summed E-state index contributed by atoms with van der Waals surface area (Å²) in [6.07, 6.45) is 0. The summed E-state index contributed by atoms with van der Waals surface area (Å²) >= 11 is 0. The van der Waals surface area contributed by atoms with Crippen LogP contribution in [-0.4, -0.2) is 23.7 Å². The average Bonchev–Trinajstić information content (AvgIpc) is 2.47. The summed E-state index contributed by atoms with van der Waals surface area (Å²) in [6.45, 7) is 2.95. The molecule has 0 atom stereocenters. The standard InChI is InChI=1S/C15H16BF2NO2/c1-2-19(14-7-5-12(17)6-8-14)10-11-3-4-13(18)9-15(11)16(20)21/h3-9,20-21H,2,10H2,1H3. The Morgan fingerprint density at radius 1 is 1.00 bits per heavy atom. The number of halogens is 2. The molecule has 0 saturated heterocycles. The third-order valence-corrected chi connectivity index (χ3v) is 3.32. The van der Waals surface area contributed by atoms with Crippen LogP contribution >= 0.6 is 0 Å². The van der Waals surface area contributed by atoms with Gasteiger partial charge >= 0.3 is 7.12 Å². The van der Waals surface area contributed by atoms with Crippen molar-refractivity contribution in [2.45, 2.75) is 13.5 Å². The van der Waals surface area contributed by atoms with Crippen molar-refractivity contribution in [3.8, 4) is 0 Å². The predicted octanol–water partition coefficient (Wildman–Crippen LogP) is 1.67. The van der Waals surface area contributed by atoms with Crippen LogP contribution < -0.4 is 10.4 Å². The molecule has 0 heterocycles. The predicted molar refractivity (Wildman–Crippen MR) is 79.3 cm³/mol. The van der Waals surface area contributed by atoms with Crippen LogP contribution in [0.2, 0.25) is 0 Å². The lowest BCUT2D eigenvalue weighted by Crippen LogP contribution is -2.36. The Balaban J connectivity index is 2.28. The van der Waals surface area contributed by atoms with Gasteiger partial charge in [0.2, 0.25) is 0 Å². The van der Waals surface area contributed by atoms with Gasteiger partial charge in [0, 0.05) is 18.8 Å². The molecule has 0 fully saturated rings. The fourth-order valence-electron chi connectivity index (χ4n) is 2.19. The average molecular weight is 291 g/mol. The maximum atomic E-state index is 13.2. The maximum Gasteiger partial charge on any atom is 0.488 e. The lowest BCUT2D eigenvalue weighted by atomic mass is 9.77. The van der Waals surface area contributed by atoms with Gasteiger partial charge in [-0.25, -0.2) is 8.78 Å². The molecule has 2 aromatic rings. The van der Waals surface area contributed by atoms with Crippen molar-refractivity contribution < 1.29 is 18.8 Å². The third kappa shape index (κ3) is 3.80. The Morgan fingerprint density at radius 3 is 2.19 bits per heavy atom. The highest BCUT2D eigenvalue weighted by Crippen LogP contribution is 2.17. The van der Waals surface area contributed by atoms with Crippen LogP contribution in [-0.2, 0) is 6.54 Å². The monoisotopic (exact) mass is 291 g/mol. The van der Waals surface area contributed by atoms with Gasteiger partial charge in [-0.2, -0.15) is 0 Å². The molecule has 0 aromatic heterocycles. The fraction of sp³-hybridized carbons (Fsp3) is 0.200. The minimum absolute atomic E-state index is 0.135. The Kier molecular flexibility index (Phi) is 4.93. The molecule has 0 bridgehead atoms. The van der Waals surface area contributed by atoms with Gasteiger partial charge < -0.3 is 14.9 Å². The lowest BCUT2D eigenvalue weighted by molar-refractivity contribution is 0.425. The number of nitrogens with zero attached hydrogens (tertiary/aromatic N) is 1. The summed E-state index contributed by atoms with van der Waals surface area (Å²) in [5.41, 5.74) is 1.55. The molecule has 0 spiro atoms. The second-order valence-corrected chi connectivity index (χ2v) is 4.71. The molecule has 0 amide bonds. The molecular formula is C15H16BF2NO2. The molecule has 0 saturated carbocycles. The van der Waals surface area contributed by atoms with Crippen molar-refractivity contribution in [2.75, 3.05) is 11.4 Å². The van der Waals surface area contributed by atoms with Gasteiger partial charge in [0.1, 0.15) is 11.6 Å². The lowest BCUT2D eigenvalue weighted by Gasteiger charge is -2.24. The number of hydrogen-bond acceptors (Lipinski definition) is 3. The van der Waals surface area contributed by atoms with Gasteiger partial charge in [-0.15, -0.1) is 0 Å². The second-order valence-electron chi connectivity index (χ2n) is 4.71. The first-order chi connectivity index (χ1) is 10.0. The molecule has 0 unspecified atom stereocenters. The Bertz CT molecular complexity index is 605. The summed E-state index contributed by atoms with van der Waals surface area (Å²) in [5, 5.41) is 18.7. The topological polar surface area (TPSA) is 43.7 Å². The van der Waals surface area contributed by atoms with Crippen LogP contribution in [0.25, 0.3) is 0 Å². The minimum atomic E-state index is -1.73. The largest absolute Gasteiger partial charge is 0.488 e. The summed E-state index contributed by atoms with van der Waals surface area (Å²) in [6, 6.07) is 9.94. The van der Waals surface area contributed by atoms with Gasteiger partial charge in [0.15, 0.2) is 0 Å². The molecule has 2 rings (SSSR count). The first-order valence-electron chi connectivity index (χ1n) is 6.66. The zero-order chi connectivity index (χ0) is 15.4. The molecule has 2 N–H and O–H groups in total. The molecule has 0 aliphatic rings. The van der Waals surface area contributed by atoms with E-state index in [0.29, 0.717) is 18.7 Å². The normalized spacial score (nSPS) is 10.5. The van der Waals surface area contributed by atoms with E-state index in [9.17, 15) is 18.8 Å². The van der Waals surface area contributed by atoms with E-state index in [1.54, 1.807) is 12.1 Å². The van der Waals surface area contributed by atoms with Crippen molar-refractivity contribution in [1.29, 1.82) is 0 Å². The summed E-state index contributed by atoms with van der Waals surface area (Å²) in [5.74, 6) is -0.838. The third-order valence-electron chi connectivity index (χ3n) is 3.32. The van der Waals surface area contributed by atoms with Gasteiger partial charge in [-0.3, -0.25) is 0 Å². The summed E-state index contributed by atoms with van der Waals surface area (Å²) in [4.78, 5) is 1.93. The van der Waals surface area contributed by atoms with Crippen LogP contribution in [0.1, 0.15) is 12.5 Å². The molecule has 0 aliphatic heterocycles. The number of anilines is 1. The highest BCUT2D eigenvalue weighted by molar-refractivity contribution is 6.59. The van der Waals surface area contributed by atoms with E-state index in [0.717, 1.165) is 11.8 Å². The van der Waals surface area contributed by atoms with E-state index in [-0.39, 0.29) is 11.3 Å².